The molecular weight excluding hydrogens is 203 g/mol. The first kappa shape index (κ1) is 13.9. The molecule has 86 valence electrons. The highest BCUT2D eigenvalue weighted by Gasteiger charge is 2.33. The summed E-state index contributed by atoms with van der Waals surface area (Å²) < 4.78 is 37.1. The fourth-order valence-electron chi connectivity index (χ4n) is 1.12. The number of rotatable bonds is 1. The molecule has 4 heteroatoms. The van der Waals surface area contributed by atoms with Crippen molar-refractivity contribution in [3.05, 3.63) is 29.1 Å². The van der Waals surface area contributed by atoms with E-state index in [9.17, 15) is 13.2 Å². The van der Waals surface area contributed by atoms with Crippen LogP contribution in [0.5, 0.6) is 0 Å². The van der Waals surface area contributed by atoms with Gasteiger partial charge in [0, 0.05) is 6.20 Å². The Morgan fingerprint density at radius 1 is 1.27 bits per heavy atom. The molecular formula is C11H16F3N. The predicted molar refractivity (Wildman–Crippen MR) is 54.7 cm³/mol. The predicted octanol–water partition coefficient (Wildman–Crippen LogP) is 4.00. The SMILES string of the molecule is CC.CCc1ncc(C)cc1C(F)(F)F. The Balaban J connectivity index is 0.000000921. The summed E-state index contributed by atoms with van der Waals surface area (Å²) in [5.74, 6) is 0. The molecule has 0 atom stereocenters. The van der Waals surface area contributed by atoms with Crippen molar-refractivity contribution < 1.29 is 13.2 Å². The molecule has 0 unspecified atom stereocenters. The van der Waals surface area contributed by atoms with Crippen LogP contribution in [0.3, 0.4) is 0 Å². The third-order valence-corrected chi connectivity index (χ3v) is 1.75. The van der Waals surface area contributed by atoms with Crippen molar-refractivity contribution in [2.75, 3.05) is 0 Å². The second-order valence-electron chi connectivity index (χ2n) is 2.86. The van der Waals surface area contributed by atoms with Crippen LogP contribution in [0.15, 0.2) is 12.3 Å². The van der Waals surface area contributed by atoms with Gasteiger partial charge in [0.05, 0.1) is 11.3 Å². The maximum absolute atomic E-state index is 12.4. The summed E-state index contributed by atoms with van der Waals surface area (Å²) in [6.07, 6.45) is -2.53. The molecule has 0 aliphatic rings. The van der Waals surface area contributed by atoms with E-state index in [0.29, 0.717) is 12.0 Å². The van der Waals surface area contributed by atoms with E-state index in [1.54, 1.807) is 13.8 Å². The number of pyridine rings is 1. The van der Waals surface area contributed by atoms with E-state index >= 15 is 0 Å². The van der Waals surface area contributed by atoms with Gasteiger partial charge >= 0.3 is 6.18 Å². The highest BCUT2D eigenvalue weighted by molar-refractivity contribution is 5.27. The van der Waals surface area contributed by atoms with Gasteiger partial charge in [-0.3, -0.25) is 4.98 Å². The summed E-state index contributed by atoms with van der Waals surface area (Å²) in [5, 5.41) is 0. The van der Waals surface area contributed by atoms with Crippen LogP contribution in [0, 0.1) is 6.92 Å². The van der Waals surface area contributed by atoms with Gasteiger partial charge in [0.2, 0.25) is 0 Å². The second kappa shape index (κ2) is 5.73. The van der Waals surface area contributed by atoms with Crippen molar-refractivity contribution in [3.8, 4) is 0 Å². The van der Waals surface area contributed by atoms with Crippen molar-refractivity contribution in [3.63, 3.8) is 0 Å². The van der Waals surface area contributed by atoms with Crippen molar-refractivity contribution >= 4 is 0 Å². The van der Waals surface area contributed by atoms with Gasteiger partial charge < -0.3 is 0 Å². The third-order valence-electron chi connectivity index (χ3n) is 1.75. The van der Waals surface area contributed by atoms with Crippen molar-refractivity contribution in [2.24, 2.45) is 0 Å². The van der Waals surface area contributed by atoms with E-state index in [-0.39, 0.29) is 5.69 Å². The van der Waals surface area contributed by atoms with E-state index in [2.05, 4.69) is 4.98 Å². The lowest BCUT2D eigenvalue weighted by molar-refractivity contribution is -0.138. The lowest BCUT2D eigenvalue weighted by Gasteiger charge is -2.10. The molecule has 0 aliphatic heterocycles. The average Bonchev–Trinajstić information content (AvgIpc) is 2.19. The first-order chi connectivity index (χ1) is 6.95. The van der Waals surface area contributed by atoms with Crippen LogP contribution in [-0.2, 0) is 12.6 Å². The second-order valence-corrected chi connectivity index (χ2v) is 2.86. The lowest BCUT2D eigenvalue weighted by atomic mass is 10.1. The zero-order chi connectivity index (χ0) is 12.1. The maximum atomic E-state index is 12.4. The smallest absolute Gasteiger partial charge is 0.260 e. The van der Waals surface area contributed by atoms with E-state index < -0.39 is 11.7 Å². The number of aromatic nitrogens is 1. The van der Waals surface area contributed by atoms with E-state index in [4.69, 9.17) is 0 Å². The minimum Gasteiger partial charge on any atom is -0.260 e. The van der Waals surface area contributed by atoms with Gasteiger partial charge in [0.25, 0.3) is 0 Å². The van der Waals surface area contributed by atoms with Crippen LogP contribution in [0.2, 0.25) is 0 Å². The van der Waals surface area contributed by atoms with Crippen molar-refractivity contribution in [1.82, 2.24) is 4.98 Å². The minimum absolute atomic E-state index is 0.109. The Kier molecular flexibility index (Phi) is 5.33. The highest BCUT2D eigenvalue weighted by atomic mass is 19.4. The van der Waals surface area contributed by atoms with Gasteiger partial charge in [-0.25, -0.2) is 0 Å². The molecule has 1 heterocycles. The normalized spacial score (nSPS) is 10.6. The molecule has 0 amide bonds. The number of alkyl halides is 3. The van der Waals surface area contributed by atoms with E-state index in [0.717, 1.165) is 6.07 Å². The molecule has 1 aromatic rings. The van der Waals surface area contributed by atoms with E-state index in [1.807, 2.05) is 13.8 Å². The Hall–Kier alpha value is -1.06. The summed E-state index contributed by atoms with van der Waals surface area (Å²) in [5.41, 5.74) is 0.0256. The van der Waals surface area contributed by atoms with Gasteiger partial charge in [-0.1, -0.05) is 20.8 Å². The Bertz CT molecular complexity index is 305. The van der Waals surface area contributed by atoms with Crippen LogP contribution in [0.1, 0.15) is 37.6 Å². The fourth-order valence-corrected chi connectivity index (χ4v) is 1.12. The Morgan fingerprint density at radius 3 is 2.20 bits per heavy atom. The largest absolute Gasteiger partial charge is 0.418 e. The molecule has 0 saturated heterocycles. The zero-order valence-corrected chi connectivity index (χ0v) is 9.44. The van der Waals surface area contributed by atoms with Crippen LogP contribution in [-0.4, -0.2) is 4.98 Å². The summed E-state index contributed by atoms with van der Waals surface area (Å²) in [7, 11) is 0. The number of hydrogen-bond acceptors (Lipinski definition) is 1. The summed E-state index contributed by atoms with van der Waals surface area (Å²) in [6.45, 7) is 7.26. The molecule has 1 aromatic heterocycles. The first-order valence-electron chi connectivity index (χ1n) is 4.98. The van der Waals surface area contributed by atoms with E-state index in [1.165, 1.54) is 6.20 Å². The highest BCUT2D eigenvalue weighted by Crippen LogP contribution is 2.31. The standard InChI is InChI=1S/C9H10F3N.C2H6/c1-3-8-7(9(10,11)12)4-6(2)5-13-8;1-2/h4-5H,3H2,1-2H3;1-2H3. The van der Waals surface area contributed by atoms with Gasteiger partial charge in [-0.15, -0.1) is 0 Å². The number of nitrogens with zero attached hydrogens (tertiary/aromatic N) is 1. The summed E-state index contributed by atoms with van der Waals surface area (Å²) >= 11 is 0. The maximum Gasteiger partial charge on any atom is 0.418 e. The Morgan fingerprint density at radius 2 is 1.80 bits per heavy atom. The molecule has 0 bridgehead atoms. The molecule has 0 aliphatic carbocycles. The van der Waals surface area contributed by atoms with Crippen LogP contribution < -0.4 is 0 Å². The van der Waals surface area contributed by atoms with Crippen LogP contribution in [0.4, 0.5) is 13.2 Å². The molecule has 0 saturated carbocycles. The van der Waals surface area contributed by atoms with Gasteiger partial charge in [-0.2, -0.15) is 13.2 Å². The quantitative estimate of drug-likeness (QED) is 0.695. The van der Waals surface area contributed by atoms with Crippen molar-refractivity contribution in [2.45, 2.75) is 40.3 Å². The third kappa shape index (κ3) is 3.90. The molecule has 0 N–H and O–H groups in total. The summed E-state index contributed by atoms with van der Waals surface area (Å²) in [6, 6.07) is 1.13. The van der Waals surface area contributed by atoms with Gasteiger partial charge in [0.1, 0.15) is 0 Å². The van der Waals surface area contributed by atoms with Crippen LogP contribution in [0.25, 0.3) is 0 Å². The molecule has 1 nitrogen and oxygen atoms in total. The molecule has 1 rings (SSSR count). The number of aryl methyl sites for hydroxylation is 2. The molecule has 0 fully saturated rings. The first-order valence-corrected chi connectivity index (χ1v) is 4.98. The molecule has 0 radical (unpaired) electrons. The lowest BCUT2D eigenvalue weighted by Crippen LogP contribution is -2.10. The zero-order valence-electron chi connectivity index (χ0n) is 9.44. The summed E-state index contributed by atoms with van der Waals surface area (Å²) in [4.78, 5) is 3.74. The van der Waals surface area contributed by atoms with Crippen LogP contribution >= 0.6 is 0 Å². The fraction of sp³-hybridized carbons (Fsp3) is 0.545. The molecule has 0 aromatic carbocycles. The monoisotopic (exact) mass is 219 g/mol. The van der Waals surface area contributed by atoms with Gasteiger partial charge in [-0.05, 0) is 25.0 Å². The molecule has 15 heavy (non-hydrogen) atoms. The number of halogens is 3. The molecule has 0 spiro atoms. The Labute approximate surface area is 88.3 Å². The van der Waals surface area contributed by atoms with Gasteiger partial charge in [0.15, 0.2) is 0 Å². The number of hydrogen-bond donors (Lipinski definition) is 0. The minimum atomic E-state index is -4.29. The average molecular weight is 219 g/mol. The topological polar surface area (TPSA) is 12.9 Å². The van der Waals surface area contributed by atoms with Crippen molar-refractivity contribution in [1.29, 1.82) is 0 Å².